The molecule has 4 N–H and O–H groups in total. The molecule has 0 unspecified atom stereocenters. The molecule has 2 aromatic carbocycles. The highest BCUT2D eigenvalue weighted by atomic mass is 15.1. The molecular formula is C17H16N6. The minimum absolute atomic E-state index is 0.543. The van der Waals surface area contributed by atoms with E-state index in [1.165, 1.54) is 0 Å². The first-order valence-electron chi connectivity index (χ1n) is 7.35. The summed E-state index contributed by atoms with van der Waals surface area (Å²) in [6.07, 6.45) is 1.82. The Morgan fingerprint density at radius 2 is 1.96 bits per heavy atom. The Balaban J connectivity index is 1.76. The number of nitrogen functional groups attached to an aromatic ring is 1. The van der Waals surface area contributed by atoms with Gasteiger partial charge in [-0.15, -0.1) is 0 Å². The number of aromatic nitrogens is 4. The molecule has 114 valence electrons. The van der Waals surface area contributed by atoms with Gasteiger partial charge in [-0.05, 0) is 31.5 Å². The summed E-state index contributed by atoms with van der Waals surface area (Å²) < 4.78 is 0. The molecule has 0 atom stereocenters. The second-order valence-electron chi connectivity index (χ2n) is 5.62. The molecule has 6 nitrogen and oxygen atoms in total. The molecular weight excluding hydrogens is 288 g/mol. The predicted octanol–water partition coefficient (Wildman–Crippen LogP) is 3.45. The molecule has 0 aliphatic rings. The van der Waals surface area contributed by atoms with Gasteiger partial charge in [-0.25, -0.2) is 15.0 Å². The van der Waals surface area contributed by atoms with Gasteiger partial charge in [-0.2, -0.15) is 0 Å². The van der Waals surface area contributed by atoms with Crippen LogP contribution in [0.2, 0.25) is 0 Å². The normalized spacial score (nSPS) is 11.2. The van der Waals surface area contributed by atoms with E-state index in [9.17, 15) is 0 Å². The van der Waals surface area contributed by atoms with Crippen LogP contribution in [0.4, 0.5) is 17.3 Å². The highest BCUT2D eigenvalue weighted by molar-refractivity contribution is 5.91. The lowest BCUT2D eigenvalue weighted by Crippen LogP contribution is -1.99. The highest BCUT2D eigenvalue weighted by Gasteiger charge is 2.08. The summed E-state index contributed by atoms with van der Waals surface area (Å²) in [6.45, 7) is 3.94. The maximum atomic E-state index is 6.08. The Morgan fingerprint density at radius 3 is 2.83 bits per heavy atom. The van der Waals surface area contributed by atoms with Crippen LogP contribution >= 0.6 is 0 Å². The standard InChI is InChI=1S/C17H16N6/c1-9-4-3-5-11-8-19-17(23-15(9)11)22-12-6-13(18)16-14(7-12)20-10(2)21-16/h3-8H,18H2,1-2H3,(H,20,21)(H,19,22,23). The van der Waals surface area contributed by atoms with Gasteiger partial charge in [-0.1, -0.05) is 18.2 Å². The fourth-order valence-electron chi connectivity index (χ4n) is 2.73. The van der Waals surface area contributed by atoms with E-state index in [4.69, 9.17) is 5.73 Å². The quantitative estimate of drug-likeness (QED) is 0.493. The summed E-state index contributed by atoms with van der Waals surface area (Å²) in [4.78, 5) is 16.5. The zero-order valence-electron chi connectivity index (χ0n) is 12.9. The van der Waals surface area contributed by atoms with Crippen molar-refractivity contribution >= 4 is 39.3 Å². The number of benzene rings is 2. The number of rotatable bonds is 2. The fourth-order valence-corrected chi connectivity index (χ4v) is 2.73. The molecule has 2 heterocycles. The zero-order chi connectivity index (χ0) is 16.0. The first-order valence-corrected chi connectivity index (χ1v) is 7.35. The smallest absolute Gasteiger partial charge is 0.227 e. The number of nitrogens with zero attached hydrogens (tertiary/aromatic N) is 3. The monoisotopic (exact) mass is 304 g/mol. The Hall–Kier alpha value is -3.15. The lowest BCUT2D eigenvalue weighted by Gasteiger charge is -2.08. The SMILES string of the molecule is Cc1nc2c(N)cc(Nc3ncc4cccc(C)c4n3)cc2[nH]1. The van der Waals surface area contributed by atoms with Gasteiger partial charge in [0.2, 0.25) is 5.95 Å². The van der Waals surface area contributed by atoms with E-state index in [1.807, 2.05) is 50.4 Å². The molecule has 0 aliphatic carbocycles. The minimum atomic E-state index is 0.543. The molecule has 0 saturated carbocycles. The number of nitrogens with two attached hydrogens (primary N) is 1. The maximum absolute atomic E-state index is 6.08. The van der Waals surface area contributed by atoms with Gasteiger partial charge in [0, 0.05) is 17.3 Å². The number of aromatic amines is 1. The first-order chi connectivity index (χ1) is 11.1. The lowest BCUT2D eigenvalue weighted by atomic mass is 10.1. The Morgan fingerprint density at radius 1 is 1.09 bits per heavy atom. The summed E-state index contributed by atoms with van der Waals surface area (Å²) in [5, 5.41) is 4.24. The van der Waals surface area contributed by atoms with Crippen molar-refractivity contribution in [3.63, 3.8) is 0 Å². The number of imidazole rings is 1. The Labute approximate surface area is 132 Å². The Bertz CT molecular complexity index is 1030. The minimum Gasteiger partial charge on any atom is -0.397 e. The van der Waals surface area contributed by atoms with Crippen LogP contribution in [0.5, 0.6) is 0 Å². The van der Waals surface area contributed by atoms with Crippen LogP contribution in [0.25, 0.3) is 21.9 Å². The summed E-state index contributed by atoms with van der Waals surface area (Å²) in [7, 11) is 0. The lowest BCUT2D eigenvalue weighted by molar-refractivity contribution is 1.17. The van der Waals surface area contributed by atoms with Crippen molar-refractivity contribution in [1.29, 1.82) is 0 Å². The van der Waals surface area contributed by atoms with Crippen molar-refractivity contribution in [2.24, 2.45) is 0 Å². The third kappa shape index (κ3) is 2.34. The third-order valence-corrected chi connectivity index (χ3v) is 3.80. The molecule has 0 amide bonds. The van der Waals surface area contributed by atoms with Crippen molar-refractivity contribution in [2.75, 3.05) is 11.1 Å². The van der Waals surface area contributed by atoms with Crippen molar-refractivity contribution in [3.8, 4) is 0 Å². The first kappa shape index (κ1) is 13.5. The molecule has 23 heavy (non-hydrogen) atoms. The molecule has 0 bridgehead atoms. The van der Waals surface area contributed by atoms with Crippen molar-refractivity contribution < 1.29 is 0 Å². The van der Waals surface area contributed by atoms with Gasteiger partial charge >= 0.3 is 0 Å². The second kappa shape index (κ2) is 4.95. The zero-order valence-corrected chi connectivity index (χ0v) is 12.9. The van der Waals surface area contributed by atoms with Gasteiger partial charge in [-0.3, -0.25) is 0 Å². The number of hydrogen-bond donors (Lipinski definition) is 3. The molecule has 4 aromatic rings. The van der Waals surface area contributed by atoms with E-state index in [2.05, 4.69) is 25.3 Å². The topological polar surface area (TPSA) is 92.5 Å². The van der Waals surface area contributed by atoms with Crippen LogP contribution in [0, 0.1) is 13.8 Å². The van der Waals surface area contributed by atoms with Gasteiger partial charge in [0.25, 0.3) is 0 Å². The maximum Gasteiger partial charge on any atom is 0.227 e. The van der Waals surface area contributed by atoms with E-state index >= 15 is 0 Å². The molecule has 0 aliphatic heterocycles. The van der Waals surface area contributed by atoms with E-state index in [0.717, 1.165) is 39.0 Å². The average molecular weight is 304 g/mol. The summed E-state index contributed by atoms with van der Waals surface area (Å²) in [5.74, 6) is 1.38. The van der Waals surface area contributed by atoms with Crippen LogP contribution in [0.15, 0.2) is 36.5 Å². The van der Waals surface area contributed by atoms with Gasteiger partial charge in [0.1, 0.15) is 11.3 Å². The second-order valence-corrected chi connectivity index (χ2v) is 5.62. The van der Waals surface area contributed by atoms with Gasteiger partial charge in [0.15, 0.2) is 0 Å². The number of fused-ring (bicyclic) bond motifs is 2. The van der Waals surface area contributed by atoms with Crippen molar-refractivity contribution in [3.05, 3.63) is 47.9 Å². The van der Waals surface area contributed by atoms with E-state index < -0.39 is 0 Å². The third-order valence-electron chi connectivity index (χ3n) is 3.80. The van der Waals surface area contributed by atoms with E-state index in [0.29, 0.717) is 11.6 Å². The van der Waals surface area contributed by atoms with E-state index in [1.54, 1.807) is 0 Å². The molecule has 0 radical (unpaired) electrons. The van der Waals surface area contributed by atoms with Crippen LogP contribution in [0.1, 0.15) is 11.4 Å². The number of hydrogen-bond acceptors (Lipinski definition) is 5. The largest absolute Gasteiger partial charge is 0.397 e. The summed E-state index contributed by atoms with van der Waals surface area (Å²) >= 11 is 0. The van der Waals surface area contributed by atoms with Gasteiger partial charge < -0.3 is 16.0 Å². The van der Waals surface area contributed by atoms with Crippen molar-refractivity contribution in [1.82, 2.24) is 19.9 Å². The van der Waals surface area contributed by atoms with E-state index in [-0.39, 0.29) is 0 Å². The number of aryl methyl sites for hydroxylation is 2. The molecule has 4 rings (SSSR count). The molecule has 6 heteroatoms. The highest BCUT2D eigenvalue weighted by Crippen LogP contribution is 2.26. The van der Waals surface area contributed by atoms with Crippen molar-refractivity contribution in [2.45, 2.75) is 13.8 Å². The molecule has 0 saturated heterocycles. The average Bonchev–Trinajstić information content (AvgIpc) is 2.89. The van der Waals surface area contributed by atoms with Gasteiger partial charge in [0.05, 0.1) is 16.7 Å². The number of H-pyrrole nitrogens is 1. The number of anilines is 3. The van der Waals surface area contributed by atoms with Crippen LogP contribution < -0.4 is 11.1 Å². The van der Waals surface area contributed by atoms with Crippen LogP contribution in [0.3, 0.4) is 0 Å². The fraction of sp³-hybridized carbons (Fsp3) is 0.118. The van der Waals surface area contributed by atoms with Crippen LogP contribution in [-0.2, 0) is 0 Å². The Kier molecular flexibility index (Phi) is 2.90. The predicted molar refractivity (Wildman–Crippen MR) is 92.8 cm³/mol. The molecule has 0 spiro atoms. The summed E-state index contributed by atoms with van der Waals surface area (Å²) in [5.41, 5.74) is 11.2. The number of nitrogens with one attached hydrogen (secondary N) is 2. The molecule has 0 fully saturated rings. The van der Waals surface area contributed by atoms with Crippen LogP contribution in [-0.4, -0.2) is 19.9 Å². The summed E-state index contributed by atoms with van der Waals surface area (Å²) in [6, 6.07) is 9.84. The number of para-hydroxylation sites is 1. The molecule has 2 aromatic heterocycles.